The summed E-state index contributed by atoms with van der Waals surface area (Å²) < 4.78 is 5.22. The zero-order valence-electron chi connectivity index (χ0n) is 12.7. The van der Waals surface area contributed by atoms with Gasteiger partial charge in [-0.2, -0.15) is 0 Å². The molecule has 0 aliphatic heterocycles. The maximum Gasteiger partial charge on any atom is 0.305 e. The van der Waals surface area contributed by atoms with Crippen molar-refractivity contribution < 1.29 is 19.4 Å². The van der Waals surface area contributed by atoms with E-state index >= 15 is 0 Å². The molecule has 1 atom stereocenters. The maximum absolute atomic E-state index is 12.3. The van der Waals surface area contributed by atoms with Crippen LogP contribution in [0, 0.1) is 0 Å². The number of ether oxygens (including phenoxy) is 1. The average molecular weight is 314 g/mol. The summed E-state index contributed by atoms with van der Waals surface area (Å²) >= 11 is 0. The number of carbonyl (C=O) groups excluding carboxylic acids is 1. The van der Waals surface area contributed by atoms with Gasteiger partial charge in [0, 0.05) is 12.3 Å². The average Bonchev–Trinajstić information content (AvgIpc) is 2.55. The van der Waals surface area contributed by atoms with E-state index < -0.39 is 12.0 Å². The Labute approximate surface area is 134 Å². The molecule has 1 aromatic carbocycles. The monoisotopic (exact) mass is 314 g/mol. The number of nitrogens with zero attached hydrogens (tertiary/aromatic N) is 1. The Morgan fingerprint density at radius 2 is 1.96 bits per heavy atom. The number of benzene rings is 1. The van der Waals surface area contributed by atoms with Gasteiger partial charge >= 0.3 is 5.97 Å². The molecule has 2 aromatic rings. The van der Waals surface area contributed by atoms with Crippen molar-refractivity contribution in [2.75, 3.05) is 6.61 Å². The lowest BCUT2D eigenvalue weighted by molar-refractivity contribution is -0.137. The van der Waals surface area contributed by atoms with Crippen LogP contribution in [0.3, 0.4) is 0 Å². The van der Waals surface area contributed by atoms with Crippen LogP contribution in [0.4, 0.5) is 0 Å². The molecular formula is C17H18N2O4. The minimum absolute atomic E-state index is 0.194. The first-order valence-electron chi connectivity index (χ1n) is 7.26. The van der Waals surface area contributed by atoms with Gasteiger partial charge in [0.2, 0.25) is 5.88 Å². The molecule has 0 fully saturated rings. The van der Waals surface area contributed by atoms with Crippen molar-refractivity contribution in [1.82, 2.24) is 10.3 Å². The van der Waals surface area contributed by atoms with Crippen LogP contribution in [0.15, 0.2) is 48.7 Å². The third kappa shape index (κ3) is 4.81. The number of hydrogen-bond donors (Lipinski definition) is 2. The molecule has 6 heteroatoms. The zero-order valence-corrected chi connectivity index (χ0v) is 12.7. The third-order valence-electron chi connectivity index (χ3n) is 3.18. The minimum atomic E-state index is -0.982. The molecule has 120 valence electrons. The van der Waals surface area contributed by atoms with Crippen molar-refractivity contribution in [2.45, 2.75) is 19.4 Å². The first kappa shape index (κ1) is 16.5. The predicted molar refractivity (Wildman–Crippen MR) is 84.3 cm³/mol. The number of carboxylic acids is 1. The van der Waals surface area contributed by atoms with Gasteiger partial charge in [-0.15, -0.1) is 0 Å². The molecule has 23 heavy (non-hydrogen) atoms. The van der Waals surface area contributed by atoms with E-state index in [1.165, 1.54) is 6.20 Å². The highest BCUT2D eigenvalue weighted by Crippen LogP contribution is 2.17. The van der Waals surface area contributed by atoms with Crippen molar-refractivity contribution in [3.63, 3.8) is 0 Å². The highest BCUT2D eigenvalue weighted by molar-refractivity contribution is 5.94. The van der Waals surface area contributed by atoms with Crippen LogP contribution in [0.5, 0.6) is 5.88 Å². The number of carbonyl (C=O) groups is 2. The summed E-state index contributed by atoms with van der Waals surface area (Å²) in [7, 11) is 0. The summed E-state index contributed by atoms with van der Waals surface area (Å²) in [4.78, 5) is 27.4. The van der Waals surface area contributed by atoms with Gasteiger partial charge in [0.05, 0.1) is 24.6 Å². The van der Waals surface area contributed by atoms with Gasteiger partial charge in [-0.05, 0) is 18.6 Å². The molecule has 6 nitrogen and oxygen atoms in total. The van der Waals surface area contributed by atoms with Crippen LogP contribution in [0.1, 0.15) is 35.3 Å². The fraction of sp³-hybridized carbons (Fsp3) is 0.235. The van der Waals surface area contributed by atoms with Gasteiger partial charge in [-0.1, -0.05) is 30.3 Å². The predicted octanol–water partition coefficient (Wildman–Crippen LogP) is 2.43. The second-order valence-electron chi connectivity index (χ2n) is 4.85. The van der Waals surface area contributed by atoms with Crippen LogP contribution in [0.25, 0.3) is 0 Å². The highest BCUT2D eigenvalue weighted by Gasteiger charge is 2.19. The maximum atomic E-state index is 12.3. The molecule has 1 amide bonds. The van der Waals surface area contributed by atoms with Crippen LogP contribution in [-0.2, 0) is 4.79 Å². The molecule has 0 aliphatic carbocycles. The Bertz CT molecular complexity index is 656. The van der Waals surface area contributed by atoms with E-state index in [9.17, 15) is 9.59 Å². The molecule has 0 spiro atoms. The van der Waals surface area contributed by atoms with Gasteiger partial charge in [-0.3, -0.25) is 9.59 Å². The Morgan fingerprint density at radius 3 is 2.52 bits per heavy atom. The number of aromatic nitrogens is 1. The SMILES string of the molecule is CCOc1ccc(C(=O)N[C@H](CC(=O)O)c2ccccc2)cn1. The van der Waals surface area contributed by atoms with Crippen LogP contribution >= 0.6 is 0 Å². The second kappa shape index (κ2) is 7.93. The van der Waals surface area contributed by atoms with Crippen molar-refractivity contribution in [2.24, 2.45) is 0 Å². The van der Waals surface area contributed by atoms with E-state index in [0.717, 1.165) is 5.56 Å². The topological polar surface area (TPSA) is 88.5 Å². The molecular weight excluding hydrogens is 296 g/mol. The normalized spacial score (nSPS) is 11.5. The number of rotatable bonds is 7. The molecule has 2 N–H and O–H groups in total. The molecule has 0 bridgehead atoms. The largest absolute Gasteiger partial charge is 0.481 e. The Kier molecular flexibility index (Phi) is 5.68. The van der Waals surface area contributed by atoms with Gasteiger partial charge in [0.25, 0.3) is 5.91 Å². The molecule has 0 radical (unpaired) electrons. The van der Waals surface area contributed by atoms with E-state index in [1.807, 2.05) is 13.0 Å². The van der Waals surface area contributed by atoms with Crippen molar-refractivity contribution in [1.29, 1.82) is 0 Å². The van der Waals surface area contributed by atoms with E-state index in [1.54, 1.807) is 36.4 Å². The summed E-state index contributed by atoms with van der Waals surface area (Å²) in [6, 6.07) is 11.6. The van der Waals surface area contributed by atoms with Gasteiger partial charge in [0.1, 0.15) is 0 Å². The van der Waals surface area contributed by atoms with E-state index in [4.69, 9.17) is 9.84 Å². The smallest absolute Gasteiger partial charge is 0.305 e. The van der Waals surface area contributed by atoms with E-state index in [0.29, 0.717) is 18.1 Å². The Balaban J connectivity index is 2.12. The number of aliphatic carboxylic acids is 1. The highest BCUT2D eigenvalue weighted by atomic mass is 16.5. The fourth-order valence-electron chi connectivity index (χ4n) is 2.10. The van der Waals surface area contributed by atoms with E-state index in [-0.39, 0.29) is 12.3 Å². The number of hydrogen-bond acceptors (Lipinski definition) is 4. The number of pyridine rings is 1. The van der Waals surface area contributed by atoms with Gasteiger partial charge in [0.15, 0.2) is 0 Å². The van der Waals surface area contributed by atoms with Crippen LogP contribution < -0.4 is 10.1 Å². The summed E-state index contributed by atoms with van der Waals surface area (Å²) in [5.74, 6) is -0.922. The summed E-state index contributed by atoms with van der Waals surface area (Å²) in [5.41, 5.74) is 1.09. The van der Waals surface area contributed by atoms with Gasteiger partial charge in [-0.25, -0.2) is 4.98 Å². The molecule has 0 unspecified atom stereocenters. The minimum Gasteiger partial charge on any atom is -0.481 e. The second-order valence-corrected chi connectivity index (χ2v) is 4.85. The van der Waals surface area contributed by atoms with Crippen LogP contribution in [-0.4, -0.2) is 28.6 Å². The molecule has 1 aromatic heterocycles. The number of amides is 1. The molecule has 0 saturated heterocycles. The Hall–Kier alpha value is -2.89. The summed E-state index contributed by atoms with van der Waals surface area (Å²) in [5, 5.41) is 11.8. The van der Waals surface area contributed by atoms with E-state index in [2.05, 4.69) is 10.3 Å². The zero-order chi connectivity index (χ0) is 16.7. The van der Waals surface area contributed by atoms with Crippen molar-refractivity contribution >= 4 is 11.9 Å². The lowest BCUT2D eigenvalue weighted by Gasteiger charge is -2.17. The fourth-order valence-corrected chi connectivity index (χ4v) is 2.10. The lowest BCUT2D eigenvalue weighted by atomic mass is 10.0. The Morgan fingerprint density at radius 1 is 1.22 bits per heavy atom. The van der Waals surface area contributed by atoms with Crippen LogP contribution in [0.2, 0.25) is 0 Å². The third-order valence-corrected chi connectivity index (χ3v) is 3.18. The molecule has 0 aliphatic rings. The summed E-state index contributed by atoms with van der Waals surface area (Å²) in [6.07, 6.45) is 1.21. The summed E-state index contributed by atoms with van der Waals surface area (Å²) in [6.45, 7) is 2.34. The van der Waals surface area contributed by atoms with Crippen molar-refractivity contribution in [3.8, 4) is 5.88 Å². The molecule has 0 saturated carbocycles. The first-order chi connectivity index (χ1) is 11.1. The molecule has 2 rings (SSSR count). The first-order valence-corrected chi connectivity index (χ1v) is 7.26. The number of carboxylic acid groups (broad SMARTS) is 1. The quantitative estimate of drug-likeness (QED) is 0.819. The molecule has 1 heterocycles. The van der Waals surface area contributed by atoms with Crippen molar-refractivity contribution in [3.05, 3.63) is 59.8 Å². The standard InChI is InChI=1S/C17H18N2O4/c1-2-23-15-9-8-13(11-18-15)17(22)19-14(10-16(20)21)12-6-4-3-5-7-12/h3-9,11,14H,2,10H2,1H3,(H,19,22)(H,20,21)/t14-/m1/s1. The lowest BCUT2D eigenvalue weighted by Crippen LogP contribution is -2.30. The van der Waals surface area contributed by atoms with Gasteiger partial charge < -0.3 is 15.2 Å². The number of nitrogens with one attached hydrogen (secondary N) is 1.